The second-order valence-electron chi connectivity index (χ2n) is 4.02. The van der Waals surface area contributed by atoms with Gasteiger partial charge in [0.05, 0.1) is 5.75 Å². The van der Waals surface area contributed by atoms with Gasteiger partial charge in [-0.2, -0.15) is 8.42 Å². The Labute approximate surface area is 120 Å². The number of amides is 2. The fraction of sp³-hybridized carbons (Fsp3) is 0.200. The van der Waals surface area contributed by atoms with Crippen LogP contribution in [0.25, 0.3) is 5.65 Å². The summed E-state index contributed by atoms with van der Waals surface area (Å²) in [4.78, 5) is 14.7. The molecule has 0 saturated heterocycles. The Morgan fingerprint density at radius 2 is 2.00 bits per heavy atom. The Bertz CT molecular complexity index is 914. The first-order chi connectivity index (χ1) is 9.69. The number of hydrogen-bond acceptors (Lipinski definition) is 6. The average Bonchev–Trinajstić information content (AvgIpc) is 2.78. The predicted molar refractivity (Wildman–Crippen MR) is 72.8 cm³/mol. The quantitative estimate of drug-likeness (QED) is 0.772. The number of primary amides is 1. The molecule has 0 radical (unpaired) electrons. The number of sulfone groups is 1. The van der Waals surface area contributed by atoms with E-state index in [2.05, 4.69) is 4.98 Å². The summed E-state index contributed by atoms with van der Waals surface area (Å²) in [5.74, 6) is -0.337. The Hall–Kier alpha value is -2.14. The van der Waals surface area contributed by atoms with Gasteiger partial charge in [0.15, 0.2) is 19.9 Å². The normalized spacial score (nSPS) is 12.4. The van der Waals surface area contributed by atoms with E-state index < -0.39 is 35.9 Å². The van der Waals surface area contributed by atoms with Crippen molar-refractivity contribution < 1.29 is 21.6 Å². The first-order valence-electron chi connectivity index (χ1n) is 5.71. The molecule has 0 aliphatic rings. The molecule has 0 aliphatic carbocycles. The van der Waals surface area contributed by atoms with Gasteiger partial charge in [0.25, 0.3) is 10.0 Å². The molecule has 2 aromatic heterocycles. The highest BCUT2D eigenvalue weighted by molar-refractivity contribution is 7.93. The van der Waals surface area contributed by atoms with Crippen LogP contribution in [-0.4, -0.2) is 38.0 Å². The number of rotatable bonds is 4. The third-order valence-corrected chi connectivity index (χ3v) is 5.75. The minimum atomic E-state index is -4.47. The van der Waals surface area contributed by atoms with E-state index in [4.69, 9.17) is 5.73 Å². The summed E-state index contributed by atoms with van der Waals surface area (Å²) in [6.45, 7) is 1.36. The molecule has 11 heteroatoms. The molecule has 0 fully saturated rings. The number of pyridine rings is 1. The fourth-order valence-corrected chi connectivity index (χ4v) is 4.35. The SMILES string of the molecule is CCS(=O)(=O)c1nc2ccccn2c1S(=O)(=O)NC(N)=O. The highest BCUT2D eigenvalue weighted by Crippen LogP contribution is 2.23. The maximum absolute atomic E-state index is 12.2. The number of imidazole rings is 1. The number of hydrogen-bond donors (Lipinski definition) is 2. The van der Waals surface area contributed by atoms with Crippen molar-refractivity contribution in [3.05, 3.63) is 24.4 Å². The second kappa shape index (κ2) is 5.00. The number of sulfonamides is 1. The van der Waals surface area contributed by atoms with Crippen molar-refractivity contribution in [3.63, 3.8) is 0 Å². The molecule has 0 aliphatic heterocycles. The van der Waals surface area contributed by atoms with Crippen LogP contribution in [0.4, 0.5) is 4.79 Å². The van der Waals surface area contributed by atoms with Gasteiger partial charge in [-0.3, -0.25) is 4.40 Å². The Kier molecular flexibility index (Phi) is 3.63. The number of urea groups is 1. The lowest BCUT2D eigenvalue weighted by Crippen LogP contribution is -2.36. The van der Waals surface area contributed by atoms with Crippen LogP contribution < -0.4 is 10.5 Å². The van der Waals surface area contributed by atoms with Crippen LogP contribution >= 0.6 is 0 Å². The van der Waals surface area contributed by atoms with E-state index in [1.807, 2.05) is 0 Å². The first-order valence-corrected chi connectivity index (χ1v) is 8.84. The highest BCUT2D eigenvalue weighted by atomic mass is 32.2. The molecule has 0 bridgehead atoms. The Morgan fingerprint density at radius 3 is 2.57 bits per heavy atom. The smallest absolute Gasteiger partial charge is 0.326 e. The molecule has 114 valence electrons. The molecule has 3 N–H and O–H groups in total. The monoisotopic (exact) mass is 332 g/mol. The van der Waals surface area contributed by atoms with Gasteiger partial charge >= 0.3 is 6.03 Å². The zero-order chi connectivity index (χ0) is 15.8. The zero-order valence-electron chi connectivity index (χ0n) is 10.8. The van der Waals surface area contributed by atoms with E-state index in [1.54, 1.807) is 6.07 Å². The number of carbonyl (C=O) groups excluding carboxylic acids is 1. The van der Waals surface area contributed by atoms with Gasteiger partial charge in [0.1, 0.15) is 5.65 Å². The summed E-state index contributed by atoms with van der Waals surface area (Å²) in [5, 5.41) is -1.26. The lowest BCUT2D eigenvalue weighted by Gasteiger charge is -2.06. The van der Waals surface area contributed by atoms with Gasteiger partial charge in [0.2, 0.25) is 0 Å². The van der Waals surface area contributed by atoms with Crippen LogP contribution in [0.15, 0.2) is 34.4 Å². The van der Waals surface area contributed by atoms with Gasteiger partial charge < -0.3 is 5.73 Å². The summed E-state index contributed by atoms with van der Waals surface area (Å²) in [7, 11) is -8.38. The number of nitrogens with one attached hydrogen (secondary N) is 1. The van der Waals surface area contributed by atoms with Crippen molar-refractivity contribution in [1.82, 2.24) is 14.1 Å². The van der Waals surface area contributed by atoms with Gasteiger partial charge in [-0.25, -0.2) is 22.9 Å². The average molecular weight is 332 g/mol. The van der Waals surface area contributed by atoms with Crippen molar-refractivity contribution in [2.45, 2.75) is 17.0 Å². The van der Waals surface area contributed by atoms with Crippen LogP contribution in [0.5, 0.6) is 0 Å². The number of aromatic nitrogens is 2. The van der Waals surface area contributed by atoms with E-state index in [9.17, 15) is 21.6 Å². The van der Waals surface area contributed by atoms with Gasteiger partial charge in [-0.15, -0.1) is 0 Å². The van der Waals surface area contributed by atoms with Crippen LogP contribution in [0.3, 0.4) is 0 Å². The highest BCUT2D eigenvalue weighted by Gasteiger charge is 2.32. The molecule has 0 unspecified atom stereocenters. The fourth-order valence-electron chi connectivity index (χ4n) is 1.72. The van der Waals surface area contributed by atoms with E-state index in [-0.39, 0.29) is 11.4 Å². The molecule has 9 nitrogen and oxygen atoms in total. The summed E-state index contributed by atoms with van der Waals surface area (Å²) in [5.41, 5.74) is 4.93. The summed E-state index contributed by atoms with van der Waals surface area (Å²) in [6, 6.07) is 3.20. The van der Waals surface area contributed by atoms with Crippen molar-refractivity contribution in [2.75, 3.05) is 5.75 Å². The molecule has 0 aromatic carbocycles. The van der Waals surface area contributed by atoms with Gasteiger partial charge in [-0.1, -0.05) is 13.0 Å². The molecule has 0 atom stereocenters. The van der Waals surface area contributed by atoms with Gasteiger partial charge in [-0.05, 0) is 12.1 Å². The van der Waals surface area contributed by atoms with Crippen LogP contribution in [-0.2, 0) is 19.9 Å². The van der Waals surface area contributed by atoms with Gasteiger partial charge in [0, 0.05) is 6.20 Å². The molecule has 0 saturated carbocycles. The molecule has 2 rings (SSSR count). The third-order valence-electron chi connectivity index (χ3n) is 2.62. The third kappa shape index (κ3) is 2.69. The first kappa shape index (κ1) is 15.3. The summed E-state index contributed by atoms with van der Waals surface area (Å²) in [6.07, 6.45) is 1.33. The lowest BCUT2D eigenvalue weighted by atomic mass is 10.5. The molecule has 2 amide bonds. The number of fused-ring (bicyclic) bond motifs is 1. The van der Waals surface area contributed by atoms with Crippen LogP contribution in [0.2, 0.25) is 0 Å². The molecule has 2 heterocycles. The molecular formula is C10H12N4O5S2. The number of nitrogens with two attached hydrogens (primary N) is 1. The molecule has 21 heavy (non-hydrogen) atoms. The minimum Gasteiger partial charge on any atom is -0.351 e. The zero-order valence-corrected chi connectivity index (χ0v) is 12.5. The molecule has 2 aromatic rings. The largest absolute Gasteiger partial charge is 0.351 e. The van der Waals surface area contributed by atoms with E-state index in [0.29, 0.717) is 0 Å². The van der Waals surface area contributed by atoms with E-state index >= 15 is 0 Å². The number of carbonyl (C=O) groups is 1. The standard InChI is InChI=1S/C10H12N4O5S2/c1-2-20(16,17)8-9(21(18,19)13-10(11)15)14-6-4-3-5-7(14)12-8/h3-6H,2H2,1H3,(H3,11,13,15). The number of nitrogens with zero attached hydrogens (tertiary/aromatic N) is 2. The van der Waals surface area contributed by atoms with Crippen molar-refractivity contribution in [2.24, 2.45) is 5.73 Å². The second-order valence-corrected chi connectivity index (χ2v) is 7.82. The van der Waals surface area contributed by atoms with Crippen molar-refractivity contribution in [1.29, 1.82) is 0 Å². The predicted octanol–water partition coefficient (Wildman–Crippen LogP) is -0.515. The summed E-state index contributed by atoms with van der Waals surface area (Å²) < 4.78 is 51.0. The topological polar surface area (TPSA) is 141 Å². The van der Waals surface area contributed by atoms with Crippen molar-refractivity contribution in [3.8, 4) is 0 Å². The van der Waals surface area contributed by atoms with E-state index in [1.165, 1.54) is 30.0 Å². The Morgan fingerprint density at radius 1 is 1.33 bits per heavy atom. The lowest BCUT2D eigenvalue weighted by molar-refractivity contribution is 0.253. The van der Waals surface area contributed by atoms with Crippen LogP contribution in [0, 0.1) is 0 Å². The Balaban J connectivity index is 2.89. The van der Waals surface area contributed by atoms with Crippen LogP contribution in [0.1, 0.15) is 6.92 Å². The molecule has 0 spiro atoms. The summed E-state index contributed by atoms with van der Waals surface area (Å²) >= 11 is 0. The minimum absolute atomic E-state index is 0.120. The molecular weight excluding hydrogens is 320 g/mol. The maximum Gasteiger partial charge on any atom is 0.326 e. The maximum atomic E-state index is 12.2. The van der Waals surface area contributed by atoms with Crippen molar-refractivity contribution >= 4 is 31.5 Å². The van der Waals surface area contributed by atoms with E-state index in [0.717, 1.165) is 4.40 Å².